The van der Waals surface area contributed by atoms with E-state index in [1.807, 2.05) is 50.2 Å². The predicted molar refractivity (Wildman–Crippen MR) is 138 cm³/mol. The second kappa shape index (κ2) is 12.0. The highest BCUT2D eigenvalue weighted by Crippen LogP contribution is 2.33. The van der Waals surface area contributed by atoms with Crippen molar-refractivity contribution in [1.82, 2.24) is 9.88 Å². The van der Waals surface area contributed by atoms with E-state index in [2.05, 4.69) is 4.90 Å². The maximum Gasteiger partial charge on any atom is 0.266 e. The van der Waals surface area contributed by atoms with E-state index in [4.69, 9.17) is 26.1 Å². The van der Waals surface area contributed by atoms with Gasteiger partial charge in [-0.1, -0.05) is 40.6 Å². The minimum absolute atomic E-state index is 0. The molecular formula is C24H29Cl2N3O3S. The molecule has 1 aliphatic heterocycles. The number of aromatic nitrogens is 1. The largest absolute Gasteiger partial charge is 0.484 e. The van der Waals surface area contributed by atoms with Gasteiger partial charge in [0.1, 0.15) is 5.75 Å². The molecular weight excluding hydrogens is 481 g/mol. The number of morpholine rings is 1. The van der Waals surface area contributed by atoms with Crippen LogP contribution in [0.3, 0.4) is 0 Å². The molecule has 1 amide bonds. The highest BCUT2D eigenvalue weighted by atomic mass is 35.5. The van der Waals surface area contributed by atoms with Crippen LogP contribution in [-0.4, -0.2) is 61.8 Å². The minimum Gasteiger partial charge on any atom is -0.484 e. The van der Waals surface area contributed by atoms with Crippen molar-refractivity contribution in [3.8, 4) is 5.75 Å². The van der Waals surface area contributed by atoms with Crippen molar-refractivity contribution in [3.63, 3.8) is 0 Å². The smallest absolute Gasteiger partial charge is 0.266 e. The van der Waals surface area contributed by atoms with Crippen LogP contribution < -0.4 is 9.64 Å². The van der Waals surface area contributed by atoms with E-state index < -0.39 is 0 Å². The van der Waals surface area contributed by atoms with Crippen LogP contribution in [-0.2, 0) is 9.53 Å². The summed E-state index contributed by atoms with van der Waals surface area (Å²) in [5.41, 5.74) is 2.93. The quantitative estimate of drug-likeness (QED) is 0.421. The van der Waals surface area contributed by atoms with Gasteiger partial charge in [-0.2, -0.15) is 0 Å². The summed E-state index contributed by atoms with van der Waals surface area (Å²) < 4.78 is 12.2. The summed E-state index contributed by atoms with van der Waals surface area (Å²) in [6.45, 7) is 8.85. The number of carbonyl (C=O) groups excluding carboxylic acids is 1. The Morgan fingerprint density at radius 2 is 1.91 bits per heavy atom. The van der Waals surface area contributed by atoms with Gasteiger partial charge in [-0.3, -0.25) is 14.6 Å². The van der Waals surface area contributed by atoms with E-state index >= 15 is 0 Å². The van der Waals surface area contributed by atoms with Crippen molar-refractivity contribution >= 4 is 56.6 Å². The van der Waals surface area contributed by atoms with E-state index in [1.165, 1.54) is 11.3 Å². The van der Waals surface area contributed by atoms with E-state index in [1.54, 1.807) is 4.90 Å². The minimum atomic E-state index is -0.102. The highest BCUT2D eigenvalue weighted by molar-refractivity contribution is 7.22. The molecule has 178 valence electrons. The lowest BCUT2D eigenvalue weighted by molar-refractivity contribution is -0.120. The van der Waals surface area contributed by atoms with Gasteiger partial charge in [-0.15, -0.1) is 12.4 Å². The number of rotatable bonds is 8. The summed E-state index contributed by atoms with van der Waals surface area (Å²) in [6.07, 6.45) is 0.853. The van der Waals surface area contributed by atoms with Crippen molar-refractivity contribution in [2.45, 2.75) is 20.3 Å². The average Bonchev–Trinajstić information content (AvgIpc) is 3.24. The number of fused-ring (bicyclic) bond motifs is 1. The van der Waals surface area contributed by atoms with Gasteiger partial charge in [0.25, 0.3) is 5.91 Å². The van der Waals surface area contributed by atoms with Gasteiger partial charge in [0.15, 0.2) is 11.7 Å². The van der Waals surface area contributed by atoms with E-state index in [-0.39, 0.29) is 24.9 Å². The van der Waals surface area contributed by atoms with Crippen LogP contribution in [0, 0.1) is 13.8 Å². The first kappa shape index (κ1) is 25.7. The number of anilines is 1. The number of hydrogen-bond acceptors (Lipinski definition) is 6. The fourth-order valence-electron chi connectivity index (χ4n) is 3.67. The van der Waals surface area contributed by atoms with E-state index in [0.29, 0.717) is 22.4 Å². The molecule has 0 saturated carbocycles. The van der Waals surface area contributed by atoms with Crippen molar-refractivity contribution in [2.24, 2.45) is 0 Å². The van der Waals surface area contributed by atoms with E-state index in [9.17, 15) is 4.79 Å². The molecule has 0 N–H and O–H groups in total. The van der Waals surface area contributed by atoms with Crippen molar-refractivity contribution in [1.29, 1.82) is 0 Å². The molecule has 0 unspecified atom stereocenters. The fraction of sp³-hybridized carbons (Fsp3) is 0.417. The van der Waals surface area contributed by atoms with Gasteiger partial charge >= 0.3 is 0 Å². The van der Waals surface area contributed by atoms with Crippen LogP contribution in [0.15, 0.2) is 36.4 Å². The van der Waals surface area contributed by atoms with Gasteiger partial charge in [-0.25, -0.2) is 4.98 Å². The van der Waals surface area contributed by atoms with Crippen molar-refractivity contribution < 1.29 is 14.3 Å². The Hall–Kier alpha value is -1.90. The molecule has 6 nitrogen and oxygen atoms in total. The first-order chi connectivity index (χ1) is 15.5. The maximum absolute atomic E-state index is 13.2. The van der Waals surface area contributed by atoms with Gasteiger partial charge < -0.3 is 9.47 Å². The van der Waals surface area contributed by atoms with Gasteiger partial charge in [0.2, 0.25) is 0 Å². The lowest BCUT2D eigenvalue weighted by Gasteiger charge is -2.27. The third-order valence-corrected chi connectivity index (χ3v) is 7.06. The number of aryl methyl sites for hydroxylation is 2. The molecule has 1 saturated heterocycles. The molecule has 0 aliphatic carbocycles. The van der Waals surface area contributed by atoms with Crippen LogP contribution in [0.2, 0.25) is 5.02 Å². The van der Waals surface area contributed by atoms with Crippen LogP contribution in [0.4, 0.5) is 5.13 Å². The Morgan fingerprint density at radius 3 is 2.64 bits per heavy atom. The monoisotopic (exact) mass is 509 g/mol. The summed E-state index contributed by atoms with van der Waals surface area (Å²) in [5, 5.41) is 1.37. The summed E-state index contributed by atoms with van der Waals surface area (Å²) in [6, 6.07) is 11.6. The normalized spacial score (nSPS) is 14.2. The summed E-state index contributed by atoms with van der Waals surface area (Å²) in [7, 11) is 0. The number of amides is 1. The van der Waals surface area contributed by atoms with Crippen LogP contribution in [0.5, 0.6) is 5.75 Å². The predicted octanol–water partition coefficient (Wildman–Crippen LogP) is 5.12. The number of thiazole rings is 1. The van der Waals surface area contributed by atoms with Gasteiger partial charge in [0.05, 0.1) is 23.4 Å². The van der Waals surface area contributed by atoms with Crippen LogP contribution in [0.1, 0.15) is 17.5 Å². The Kier molecular flexibility index (Phi) is 9.35. The number of hydrogen-bond donors (Lipinski definition) is 0. The molecule has 9 heteroatoms. The molecule has 2 heterocycles. The number of carbonyl (C=O) groups is 1. The fourth-order valence-corrected chi connectivity index (χ4v) is 4.89. The summed E-state index contributed by atoms with van der Waals surface area (Å²) >= 11 is 7.80. The van der Waals surface area contributed by atoms with Crippen molar-refractivity contribution in [2.75, 3.05) is 50.9 Å². The Labute approximate surface area is 209 Å². The number of benzene rings is 2. The van der Waals surface area contributed by atoms with Gasteiger partial charge in [0, 0.05) is 31.2 Å². The lowest BCUT2D eigenvalue weighted by Crippen LogP contribution is -2.40. The summed E-state index contributed by atoms with van der Waals surface area (Å²) in [4.78, 5) is 22.1. The third kappa shape index (κ3) is 6.58. The molecule has 3 aromatic rings. The lowest BCUT2D eigenvalue weighted by atomic mass is 10.2. The zero-order valence-electron chi connectivity index (χ0n) is 18.9. The second-order valence-electron chi connectivity index (χ2n) is 7.97. The average molecular weight is 510 g/mol. The molecule has 2 aromatic carbocycles. The maximum atomic E-state index is 13.2. The van der Waals surface area contributed by atoms with E-state index in [0.717, 1.165) is 60.6 Å². The molecule has 0 spiro atoms. The zero-order chi connectivity index (χ0) is 22.5. The number of nitrogens with zero attached hydrogens (tertiary/aromatic N) is 3. The molecule has 33 heavy (non-hydrogen) atoms. The Morgan fingerprint density at radius 1 is 1.18 bits per heavy atom. The summed E-state index contributed by atoms with van der Waals surface area (Å²) in [5.74, 6) is 0.583. The van der Waals surface area contributed by atoms with Gasteiger partial charge in [-0.05, 0) is 50.1 Å². The standard InChI is InChI=1S/C24H28ClN3O3S.ClH/c1-17-4-6-19(7-5-17)31-16-22(29)28(11-3-10-27-12-14-30-15-13-27)24-26-23-18(2)20(25)8-9-21(23)32-24;/h4-9H,3,10-16H2,1-2H3;1H. The SMILES string of the molecule is Cc1ccc(OCC(=O)N(CCCN2CCOCC2)c2nc3c(C)c(Cl)ccc3s2)cc1.Cl. The zero-order valence-corrected chi connectivity index (χ0v) is 21.3. The molecule has 1 aromatic heterocycles. The third-order valence-electron chi connectivity index (χ3n) is 5.61. The topological polar surface area (TPSA) is 54.9 Å². The van der Waals surface area contributed by atoms with Crippen LogP contribution >= 0.6 is 35.3 Å². The van der Waals surface area contributed by atoms with Crippen molar-refractivity contribution in [3.05, 3.63) is 52.5 Å². The molecule has 0 radical (unpaired) electrons. The molecule has 1 aliphatic rings. The Bertz CT molecular complexity index is 1070. The Balaban J connectivity index is 0.00000306. The van der Waals surface area contributed by atoms with Crippen LogP contribution in [0.25, 0.3) is 10.2 Å². The number of halogens is 2. The molecule has 0 bridgehead atoms. The highest BCUT2D eigenvalue weighted by Gasteiger charge is 2.22. The first-order valence-corrected chi connectivity index (χ1v) is 12.1. The number of ether oxygens (including phenoxy) is 2. The second-order valence-corrected chi connectivity index (χ2v) is 9.39. The first-order valence-electron chi connectivity index (χ1n) is 10.9. The molecule has 1 fully saturated rings. The molecule has 0 atom stereocenters. The molecule has 4 rings (SSSR count).